The lowest BCUT2D eigenvalue weighted by Gasteiger charge is -2.11. The van der Waals surface area contributed by atoms with Gasteiger partial charge in [0, 0.05) is 17.1 Å². The summed E-state index contributed by atoms with van der Waals surface area (Å²) < 4.78 is 2.27. The fraction of sp³-hybridized carbons (Fsp3) is 0.0952. The molecule has 3 heteroatoms. The van der Waals surface area contributed by atoms with E-state index in [4.69, 9.17) is 16.6 Å². The summed E-state index contributed by atoms with van der Waals surface area (Å²) in [5.41, 5.74) is 5.65. The molecule has 0 aliphatic carbocycles. The Hall–Kier alpha value is -2.58. The molecule has 1 aromatic heterocycles. The van der Waals surface area contributed by atoms with Gasteiger partial charge in [0.25, 0.3) is 0 Å². The average Bonchev–Trinajstić information content (AvgIpc) is 2.93. The standard InChI is InChI=1S/C21H17ClN2/c1-15-7-5-6-10-18(15)21-23-19-13-17(22)11-12-20(19)24(21)14-16-8-3-2-4-9-16/h2-13H,14H2,1H3. The van der Waals surface area contributed by atoms with Crippen LogP contribution in [-0.2, 0) is 6.54 Å². The molecule has 3 aromatic carbocycles. The van der Waals surface area contributed by atoms with E-state index in [9.17, 15) is 0 Å². The number of rotatable bonds is 3. The summed E-state index contributed by atoms with van der Waals surface area (Å²) in [7, 11) is 0. The van der Waals surface area contributed by atoms with Crippen LogP contribution in [0.1, 0.15) is 11.1 Å². The van der Waals surface area contributed by atoms with E-state index in [1.807, 2.05) is 18.2 Å². The molecule has 118 valence electrons. The summed E-state index contributed by atoms with van der Waals surface area (Å²) in [6.07, 6.45) is 0. The Kier molecular flexibility index (Phi) is 3.83. The molecule has 0 radical (unpaired) electrons. The van der Waals surface area contributed by atoms with Gasteiger partial charge in [-0.1, -0.05) is 66.2 Å². The molecule has 0 bridgehead atoms. The molecule has 0 atom stereocenters. The second-order valence-corrected chi connectivity index (χ2v) is 6.39. The highest BCUT2D eigenvalue weighted by atomic mass is 35.5. The van der Waals surface area contributed by atoms with E-state index in [0.29, 0.717) is 5.02 Å². The molecule has 0 fully saturated rings. The Bertz CT molecular complexity index is 1000. The Balaban J connectivity index is 1.95. The average molecular weight is 333 g/mol. The van der Waals surface area contributed by atoms with E-state index < -0.39 is 0 Å². The van der Waals surface area contributed by atoms with Gasteiger partial charge in [-0.15, -0.1) is 0 Å². The van der Waals surface area contributed by atoms with E-state index in [1.165, 1.54) is 11.1 Å². The van der Waals surface area contributed by atoms with Gasteiger partial charge in [0.2, 0.25) is 0 Å². The van der Waals surface area contributed by atoms with Gasteiger partial charge in [-0.25, -0.2) is 4.98 Å². The quantitative estimate of drug-likeness (QED) is 0.469. The van der Waals surface area contributed by atoms with Gasteiger partial charge in [-0.2, -0.15) is 0 Å². The Morgan fingerprint density at radius 3 is 2.46 bits per heavy atom. The highest BCUT2D eigenvalue weighted by molar-refractivity contribution is 6.31. The van der Waals surface area contributed by atoms with Crippen molar-refractivity contribution in [3.63, 3.8) is 0 Å². The van der Waals surface area contributed by atoms with Gasteiger partial charge in [0.1, 0.15) is 5.82 Å². The summed E-state index contributed by atoms with van der Waals surface area (Å²) in [5, 5.41) is 0.711. The zero-order valence-corrected chi connectivity index (χ0v) is 14.2. The van der Waals surface area contributed by atoms with Gasteiger partial charge >= 0.3 is 0 Å². The molecule has 1 heterocycles. The van der Waals surface area contributed by atoms with Crippen molar-refractivity contribution in [1.82, 2.24) is 9.55 Å². The lowest BCUT2D eigenvalue weighted by atomic mass is 10.1. The van der Waals surface area contributed by atoms with Crippen LogP contribution in [0.5, 0.6) is 0 Å². The van der Waals surface area contributed by atoms with Crippen LogP contribution >= 0.6 is 11.6 Å². The van der Waals surface area contributed by atoms with Crippen LogP contribution in [0.25, 0.3) is 22.4 Å². The summed E-state index contributed by atoms with van der Waals surface area (Å²) in [6, 6.07) is 24.7. The van der Waals surface area contributed by atoms with Crippen molar-refractivity contribution in [2.24, 2.45) is 0 Å². The number of hydrogen-bond donors (Lipinski definition) is 0. The topological polar surface area (TPSA) is 17.8 Å². The van der Waals surface area contributed by atoms with E-state index in [-0.39, 0.29) is 0 Å². The maximum absolute atomic E-state index is 6.17. The number of halogens is 1. The van der Waals surface area contributed by atoms with Crippen LogP contribution in [0.4, 0.5) is 0 Å². The smallest absolute Gasteiger partial charge is 0.141 e. The minimum atomic E-state index is 0.711. The first kappa shape index (κ1) is 15.0. The van der Waals surface area contributed by atoms with E-state index >= 15 is 0 Å². The third-order valence-corrected chi connectivity index (χ3v) is 4.51. The van der Waals surface area contributed by atoms with Crippen LogP contribution in [-0.4, -0.2) is 9.55 Å². The molecule has 0 aliphatic heterocycles. The van der Waals surface area contributed by atoms with Crippen LogP contribution in [0.2, 0.25) is 5.02 Å². The van der Waals surface area contributed by atoms with E-state index in [2.05, 4.69) is 66.1 Å². The highest BCUT2D eigenvalue weighted by Gasteiger charge is 2.14. The van der Waals surface area contributed by atoms with Crippen molar-refractivity contribution in [3.8, 4) is 11.4 Å². The molecule has 2 nitrogen and oxygen atoms in total. The summed E-state index contributed by atoms with van der Waals surface area (Å²) >= 11 is 6.17. The molecule has 0 saturated heterocycles. The van der Waals surface area contributed by atoms with Crippen molar-refractivity contribution >= 4 is 22.6 Å². The molecule has 4 rings (SSSR count). The van der Waals surface area contributed by atoms with E-state index in [1.54, 1.807) is 0 Å². The summed E-state index contributed by atoms with van der Waals surface area (Å²) in [4.78, 5) is 4.88. The predicted molar refractivity (Wildman–Crippen MR) is 100 cm³/mol. The van der Waals surface area contributed by atoms with E-state index in [0.717, 1.165) is 29.0 Å². The first-order valence-corrected chi connectivity index (χ1v) is 8.36. The molecule has 24 heavy (non-hydrogen) atoms. The van der Waals surface area contributed by atoms with Crippen molar-refractivity contribution in [2.45, 2.75) is 13.5 Å². The molecule has 0 N–H and O–H groups in total. The molecular weight excluding hydrogens is 316 g/mol. The molecule has 0 amide bonds. The number of hydrogen-bond acceptors (Lipinski definition) is 1. The largest absolute Gasteiger partial charge is 0.319 e. The van der Waals surface area contributed by atoms with Gasteiger partial charge in [-0.3, -0.25) is 0 Å². The normalized spacial score (nSPS) is 11.1. The van der Waals surface area contributed by atoms with Gasteiger partial charge < -0.3 is 4.57 Å². The van der Waals surface area contributed by atoms with Gasteiger partial charge in [0.05, 0.1) is 11.0 Å². The monoisotopic (exact) mass is 332 g/mol. The number of imidazole rings is 1. The van der Waals surface area contributed by atoms with Crippen molar-refractivity contribution in [1.29, 1.82) is 0 Å². The first-order chi connectivity index (χ1) is 11.7. The zero-order chi connectivity index (χ0) is 16.5. The minimum absolute atomic E-state index is 0.711. The Labute approximate surface area is 146 Å². The fourth-order valence-electron chi connectivity index (χ4n) is 3.06. The first-order valence-electron chi connectivity index (χ1n) is 7.98. The minimum Gasteiger partial charge on any atom is -0.319 e. The SMILES string of the molecule is Cc1ccccc1-c1nc2cc(Cl)ccc2n1Cc1ccccc1. The van der Waals surface area contributed by atoms with Crippen LogP contribution in [0.15, 0.2) is 72.8 Å². The maximum Gasteiger partial charge on any atom is 0.141 e. The zero-order valence-electron chi connectivity index (χ0n) is 13.4. The molecule has 0 aliphatic rings. The third kappa shape index (κ3) is 2.70. The molecule has 0 saturated carbocycles. The Morgan fingerprint density at radius 2 is 1.67 bits per heavy atom. The number of nitrogens with zero attached hydrogens (tertiary/aromatic N) is 2. The van der Waals surface area contributed by atoms with Crippen LogP contribution in [0.3, 0.4) is 0 Å². The van der Waals surface area contributed by atoms with Crippen LogP contribution < -0.4 is 0 Å². The summed E-state index contributed by atoms with van der Waals surface area (Å²) in [5.74, 6) is 0.981. The number of benzene rings is 3. The summed E-state index contributed by atoms with van der Waals surface area (Å²) in [6.45, 7) is 2.90. The molecular formula is C21H17ClN2. The lowest BCUT2D eigenvalue weighted by molar-refractivity contribution is 0.833. The van der Waals surface area contributed by atoms with Crippen LogP contribution in [0, 0.1) is 6.92 Å². The number of aromatic nitrogens is 2. The molecule has 0 spiro atoms. The highest BCUT2D eigenvalue weighted by Crippen LogP contribution is 2.29. The predicted octanol–water partition coefficient (Wildman–Crippen LogP) is 5.71. The fourth-order valence-corrected chi connectivity index (χ4v) is 3.22. The van der Waals surface area contributed by atoms with Crippen molar-refractivity contribution in [3.05, 3.63) is 88.9 Å². The number of fused-ring (bicyclic) bond motifs is 1. The van der Waals surface area contributed by atoms with Gasteiger partial charge in [-0.05, 0) is 36.2 Å². The second kappa shape index (κ2) is 6.14. The Morgan fingerprint density at radius 1 is 0.917 bits per heavy atom. The van der Waals surface area contributed by atoms with Gasteiger partial charge in [0.15, 0.2) is 0 Å². The lowest BCUT2D eigenvalue weighted by Crippen LogP contribution is -2.02. The molecule has 4 aromatic rings. The maximum atomic E-state index is 6.17. The second-order valence-electron chi connectivity index (χ2n) is 5.96. The molecule has 0 unspecified atom stereocenters. The number of aryl methyl sites for hydroxylation is 1. The van der Waals surface area contributed by atoms with Crippen molar-refractivity contribution in [2.75, 3.05) is 0 Å². The van der Waals surface area contributed by atoms with Crippen molar-refractivity contribution < 1.29 is 0 Å². The third-order valence-electron chi connectivity index (χ3n) is 4.28.